The minimum Gasteiger partial charge on any atom is -0.336 e. The SMILES string of the molecule is NCCc1cn(CC(=O)N2CCNC2=O)nn1. The number of aromatic nitrogens is 3. The van der Waals surface area contributed by atoms with Gasteiger partial charge in [-0.2, -0.15) is 0 Å². The fourth-order valence-electron chi connectivity index (χ4n) is 1.61. The molecule has 1 fully saturated rings. The van der Waals surface area contributed by atoms with Crippen LogP contribution in [0.15, 0.2) is 6.20 Å². The van der Waals surface area contributed by atoms with Gasteiger partial charge in [-0.3, -0.25) is 9.69 Å². The number of nitrogens with one attached hydrogen (secondary N) is 1. The van der Waals surface area contributed by atoms with Gasteiger partial charge in [0, 0.05) is 25.7 Å². The Morgan fingerprint density at radius 3 is 3.06 bits per heavy atom. The van der Waals surface area contributed by atoms with Crippen molar-refractivity contribution in [3.63, 3.8) is 0 Å². The number of carbonyl (C=O) groups excluding carboxylic acids is 2. The summed E-state index contributed by atoms with van der Waals surface area (Å²) in [5, 5.41) is 10.2. The van der Waals surface area contributed by atoms with Crippen LogP contribution in [0, 0.1) is 0 Å². The lowest BCUT2D eigenvalue weighted by molar-refractivity contribution is -0.128. The number of rotatable bonds is 4. The lowest BCUT2D eigenvalue weighted by atomic mass is 10.3. The Bertz CT molecular complexity index is 429. The maximum atomic E-state index is 11.7. The molecule has 1 aliphatic rings. The lowest BCUT2D eigenvalue weighted by Crippen LogP contribution is -2.36. The van der Waals surface area contributed by atoms with Crippen LogP contribution in [-0.4, -0.2) is 51.5 Å². The molecule has 3 amide bonds. The third-order valence-corrected chi connectivity index (χ3v) is 2.44. The zero-order valence-corrected chi connectivity index (χ0v) is 9.30. The molecular weight excluding hydrogens is 224 g/mol. The summed E-state index contributed by atoms with van der Waals surface area (Å²) < 4.78 is 1.42. The third-order valence-electron chi connectivity index (χ3n) is 2.44. The van der Waals surface area contributed by atoms with Crippen molar-refractivity contribution in [2.75, 3.05) is 19.6 Å². The fraction of sp³-hybridized carbons (Fsp3) is 0.556. The maximum Gasteiger partial charge on any atom is 0.324 e. The first kappa shape index (κ1) is 11.5. The van der Waals surface area contributed by atoms with Crippen LogP contribution in [0.3, 0.4) is 0 Å². The van der Waals surface area contributed by atoms with Crippen LogP contribution in [0.25, 0.3) is 0 Å². The van der Waals surface area contributed by atoms with Gasteiger partial charge in [-0.1, -0.05) is 5.21 Å². The molecule has 0 atom stereocenters. The van der Waals surface area contributed by atoms with E-state index >= 15 is 0 Å². The second-order valence-corrected chi connectivity index (χ2v) is 3.72. The first-order chi connectivity index (χ1) is 8.20. The van der Waals surface area contributed by atoms with E-state index in [1.807, 2.05) is 0 Å². The van der Waals surface area contributed by atoms with E-state index in [1.54, 1.807) is 6.20 Å². The highest BCUT2D eigenvalue weighted by Gasteiger charge is 2.26. The van der Waals surface area contributed by atoms with Crippen LogP contribution in [0.4, 0.5) is 4.79 Å². The second-order valence-electron chi connectivity index (χ2n) is 3.72. The standard InChI is InChI=1S/C9H14N6O2/c10-2-1-7-5-14(13-12-7)6-8(16)15-4-3-11-9(15)17/h5H,1-4,6,10H2,(H,11,17). The molecule has 0 bridgehead atoms. The van der Waals surface area contributed by atoms with Crippen molar-refractivity contribution in [3.8, 4) is 0 Å². The summed E-state index contributed by atoms with van der Waals surface area (Å²) in [4.78, 5) is 24.2. The topological polar surface area (TPSA) is 106 Å². The first-order valence-corrected chi connectivity index (χ1v) is 5.38. The highest BCUT2D eigenvalue weighted by molar-refractivity contribution is 5.95. The molecular formula is C9H14N6O2. The predicted molar refractivity (Wildman–Crippen MR) is 57.9 cm³/mol. The summed E-state index contributed by atoms with van der Waals surface area (Å²) in [7, 11) is 0. The van der Waals surface area contributed by atoms with Crippen molar-refractivity contribution in [1.29, 1.82) is 0 Å². The maximum absolute atomic E-state index is 11.7. The summed E-state index contributed by atoms with van der Waals surface area (Å²) in [6.45, 7) is 1.41. The largest absolute Gasteiger partial charge is 0.336 e. The number of urea groups is 1. The van der Waals surface area contributed by atoms with Crippen LogP contribution < -0.4 is 11.1 Å². The van der Waals surface area contributed by atoms with Crippen molar-refractivity contribution in [2.45, 2.75) is 13.0 Å². The Labute approximate surface area is 97.7 Å². The van der Waals surface area contributed by atoms with Gasteiger partial charge < -0.3 is 11.1 Å². The normalized spacial score (nSPS) is 15.1. The van der Waals surface area contributed by atoms with Crippen molar-refractivity contribution >= 4 is 11.9 Å². The zero-order chi connectivity index (χ0) is 12.3. The van der Waals surface area contributed by atoms with Crippen molar-refractivity contribution < 1.29 is 9.59 Å². The summed E-state index contributed by atoms with van der Waals surface area (Å²) in [6.07, 6.45) is 2.29. The van der Waals surface area contributed by atoms with Crippen LogP contribution in [0.1, 0.15) is 5.69 Å². The van der Waals surface area contributed by atoms with E-state index < -0.39 is 0 Å². The summed E-state index contributed by atoms with van der Waals surface area (Å²) in [6, 6.07) is -0.350. The van der Waals surface area contributed by atoms with Gasteiger partial charge in [0.25, 0.3) is 5.91 Å². The number of hydrogen-bond acceptors (Lipinski definition) is 5. The van der Waals surface area contributed by atoms with Crippen LogP contribution in [0.2, 0.25) is 0 Å². The zero-order valence-electron chi connectivity index (χ0n) is 9.30. The van der Waals surface area contributed by atoms with Gasteiger partial charge in [0.2, 0.25) is 0 Å². The Kier molecular flexibility index (Phi) is 3.33. The smallest absolute Gasteiger partial charge is 0.324 e. The number of amides is 3. The second kappa shape index (κ2) is 4.91. The van der Waals surface area contributed by atoms with E-state index in [4.69, 9.17) is 5.73 Å². The van der Waals surface area contributed by atoms with Crippen LogP contribution in [0.5, 0.6) is 0 Å². The molecule has 2 heterocycles. The first-order valence-electron chi connectivity index (χ1n) is 5.38. The van der Waals surface area contributed by atoms with E-state index in [2.05, 4.69) is 15.6 Å². The average Bonchev–Trinajstić information content (AvgIpc) is 2.88. The van der Waals surface area contributed by atoms with Crippen molar-refractivity contribution in [2.24, 2.45) is 5.73 Å². The number of hydrogen-bond donors (Lipinski definition) is 2. The molecule has 2 rings (SSSR count). The molecule has 17 heavy (non-hydrogen) atoms. The highest BCUT2D eigenvalue weighted by atomic mass is 16.2. The minimum absolute atomic E-state index is 0.0188. The van der Waals surface area contributed by atoms with Crippen LogP contribution >= 0.6 is 0 Å². The number of nitrogens with zero attached hydrogens (tertiary/aromatic N) is 4. The van der Waals surface area contributed by atoms with E-state index in [1.165, 1.54) is 9.58 Å². The van der Waals surface area contributed by atoms with E-state index in [0.717, 1.165) is 5.69 Å². The highest BCUT2D eigenvalue weighted by Crippen LogP contribution is 2.00. The molecule has 3 N–H and O–H groups in total. The Morgan fingerprint density at radius 2 is 2.41 bits per heavy atom. The molecule has 0 saturated carbocycles. The van der Waals surface area contributed by atoms with Gasteiger partial charge >= 0.3 is 6.03 Å². The molecule has 1 aliphatic heterocycles. The molecule has 1 aromatic rings. The van der Waals surface area contributed by atoms with Crippen molar-refractivity contribution in [1.82, 2.24) is 25.2 Å². The number of imide groups is 1. The molecule has 0 aromatic carbocycles. The number of nitrogens with two attached hydrogens (primary N) is 1. The molecule has 8 nitrogen and oxygen atoms in total. The van der Waals surface area contributed by atoms with Gasteiger partial charge in [0.15, 0.2) is 0 Å². The Balaban J connectivity index is 1.95. The summed E-state index contributed by atoms with van der Waals surface area (Å²) >= 11 is 0. The molecule has 0 aliphatic carbocycles. The van der Waals surface area contributed by atoms with Gasteiger partial charge in [-0.15, -0.1) is 5.10 Å². The molecule has 1 saturated heterocycles. The van der Waals surface area contributed by atoms with Crippen molar-refractivity contribution in [3.05, 3.63) is 11.9 Å². The van der Waals surface area contributed by atoms with E-state index in [0.29, 0.717) is 26.1 Å². The quantitative estimate of drug-likeness (QED) is 0.652. The van der Waals surface area contributed by atoms with Gasteiger partial charge in [-0.25, -0.2) is 9.48 Å². The molecule has 1 aromatic heterocycles. The van der Waals surface area contributed by atoms with Gasteiger partial charge in [0.05, 0.1) is 5.69 Å². The lowest BCUT2D eigenvalue weighted by Gasteiger charge is -2.11. The average molecular weight is 238 g/mol. The van der Waals surface area contributed by atoms with Crippen LogP contribution in [-0.2, 0) is 17.8 Å². The summed E-state index contributed by atoms with van der Waals surface area (Å²) in [5.74, 6) is -0.288. The Morgan fingerprint density at radius 1 is 1.59 bits per heavy atom. The third kappa shape index (κ3) is 2.59. The molecule has 92 valence electrons. The molecule has 0 radical (unpaired) electrons. The molecule has 0 unspecified atom stereocenters. The fourth-order valence-corrected chi connectivity index (χ4v) is 1.61. The predicted octanol–water partition coefficient (Wildman–Crippen LogP) is -1.67. The Hall–Kier alpha value is -1.96. The van der Waals surface area contributed by atoms with E-state index in [9.17, 15) is 9.59 Å². The van der Waals surface area contributed by atoms with Gasteiger partial charge in [-0.05, 0) is 6.54 Å². The molecule has 8 heteroatoms. The molecule has 0 spiro atoms. The number of carbonyl (C=O) groups is 2. The van der Waals surface area contributed by atoms with Gasteiger partial charge in [0.1, 0.15) is 6.54 Å². The monoisotopic (exact) mass is 238 g/mol. The van der Waals surface area contributed by atoms with E-state index in [-0.39, 0.29) is 18.5 Å². The summed E-state index contributed by atoms with van der Waals surface area (Å²) in [5.41, 5.74) is 6.13. The minimum atomic E-state index is -0.350.